The SMILES string of the molecule is CNC(=O)[C@H](/N=C/C(C)(C)C)c1ccccc1. The predicted molar refractivity (Wildman–Crippen MR) is 71.2 cm³/mol. The molecule has 0 saturated carbocycles. The van der Waals surface area contributed by atoms with Crippen molar-refractivity contribution in [2.75, 3.05) is 7.05 Å². The summed E-state index contributed by atoms with van der Waals surface area (Å²) in [4.78, 5) is 16.2. The maximum atomic E-state index is 11.8. The van der Waals surface area contributed by atoms with Gasteiger partial charge < -0.3 is 5.32 Å². The molecule has 17 heavy (non-hydrogen) atoms. The van der Waals surface area contributed by atoms with E-state index in [1.165, 1.54) is 0 Å². The molecule has 1 atom stereocenters. The molecular formula is C14H20N2O. The number of carbonyl (C=O) groups excluding carboxylic acids is 1. The molecule has 1 N–H and O–H groups in total. The molecule has 3 nitrogen and oxygen atoms in total. The number of benzene rings is 1. The number of hydrogen-bond donors (Lipinski definition) is 1. The Bertz CT molecular complexity index is 390. The van der Waals surface area contributed by atoms with Crippen molar-refractivity contribution in [3.63, 3.8) is 0 Å². The van der Waals surface area contributed by atoms with Gasteiger partial charge in [-0.15, -0.1) is 0 Å². The maximum Gasteiger partial charge on any atom is 0.249 e. The van der Waals surface area contributed by atoms with Crippen LogP contribution < -0.4 is 5.32 Å². The summed E-state index contributed by atoms with van der Waals surface area (Å²) in [6, 6.07) is 9.13. The van der Waals surface area contributed by atoms with Crippen molar-refractivity contribution in [1.29, 1.82) is 0 Å². The molecule has 0 heterocycles. The predicted octanol–water partition coefficient (Wildman–Crippen LogP) is 2.59. The zero-order valence-electron chi connectivity index (χ0n) is 10.9. The fourth-order valence-corrected chi connectivity index (χ4v) is 1.38. The molecule has 92 valence electrons. The Kier molecular flexibility index (Phi) is 4.44. The van der Waals surface area contributed by atoms with Crippen LogP contribution in [0.4, 0.5) is 0 Å². The number of rotatable bonds is 3. The molecule has 0 aliphatic carbocycles. The number of hydrogen-bond acceptors (Lipinski definition) is 2. The highest BCUT2D eigenvalue weighted by Crippen LogP contribution is 2.19. The lowest BCUT2D eigenvalue weighted by Gasteiger charge is -2.15. The average Bonchev–Trinajstić information content (AvgIpc) is 2.29. The van der Waals surface area contributed by atoms with Crippen LogP contribution >= 0.6 is 0 Å². The Morgan fingerprint density at radius 3 is 2.35 bits per heavy atom. The van der Waals surface area contributed by atoms with Gasteiger partial charge in [0.05, 0.1) is 0 Å². The third-order valence-electron chi connectivity index (χ3n) is 2.22. The number of nitrogens with one attached hydrogen (secondary N) is 1. The van der Waals surface area contributed by atoms with Crippen LogP contribution in [0.1, 0.15) is 32.4 Å². The molecule has 3 heteroatoms. The van der Waals surface area contributed by atoms with Gasteiger partial charge in [-0.1, -0.05) is 51.1 Å². The lowest BCUT2D eigenvalue weighted by molar-refractivity contribution is -0.121. The van der Waals surface area contributed by atoms with Crippen LogP contribution in [-0.2, 0) is 4.79 Å². The molecule has 0 unspecified atom stereocenters. The van der Waals surface area contributed by atoms with Crippen molar-refractivity contribution in [2.45, 2.75) is 26.8 Å². The first-order valence-electron chi connectivity index (χ1n) is 5.75. The Balaban J connectivity index is 2.98. The van der Waals surface area contributed by atoms with E-state index in [9.17, 15) is 4.79 Å². The number of likely N-dealkylation sites (N-methyl/N-ethyl adjacent to an activating group) is 1. The maximum absolute atomic E-state index is 11.8. The van der Waals surface area contributed by atoms with Crippen LogP contribution in [0.25, 0.3) is 0 Å². The highest BCUT2D eigenvalue weighted by Gasteiger charge is 2.18. The van der Waals surface area contributed by atoms with Crippen molar-refractivity contribution < 1.29 is 4.79 Å². The lowest BCUT2D eigenvalue weighted by Crippen LogP contribution is -2.25. The van der Waals surface area contributed by atoms with Gasteiger partial charge in [0, 0.05) is 13.3 Å². The lowest BCUT2D eigenvalue weighted by atomic mass is 9.98. The Morgan fingerprint density at radius 2 is 1.88 bits per heavy atom. The standard InChI is InChI=1S/C14H20N2O/c1-14(2,3)10-16-12(13(17)15-4)11-8-6-5-7-9-11/h5-10,12H,1-4H3,(H,15,17)/b16-10+/t12-/m1/s1. The van der Waals surface area contributed by atoms with Gasteiger partial charge >= 0.3 is 0 Å². The second-order valence-corrected chi connectivity index (χ2v) is 5.07. The third kappa shape index (κ3) is 4.39. The van der Waals surface area contributed by atoms with E-state index in [1.807, 2.05) is 36.5 Å². The largest absolute Gasteiger partial charge is 0.357 e. The first-order valence-corrected chi connectivity index (χ1v) is 5.75. The smallest absolute Gasteiger partial charge is 0.249 e. The van der Waals surface area contributed by atoms with Gasteiger partial charge in [0.25, 0.3) is 0 Å². The van der Waals surface area contributed by atoms with Gasteiger partial charge in [0.15, 0.2) is 6.04 Å². The van der Waals surface area contributed by atoms with Crippen molar-refractivity contribution in [3.05, 3.63) is 35.9 Å². The Hall–Kier alpha value is -1.64. The fourth-order valence-electron chi connectivity index (χ4n) is 1.38. The fraction of sp³-hybridized carbons (Fsp3) is 0.429. The first kappa shape index (κ1) is 13.4. The van der Waals surface area contributed by atoms with Crippen LogP contribution in [0, 0.1) is 5.41 Å². The summed E-state index contributed by atoms with van der Waals surface area (Å²) in [6.07, 6.45) is 1.83. The Labute approximate surface area is 103 Å². The third-order valence-corrected chi connectivity index (χ3v) is 2.22. The molecule has 0 fully saturated rings. The van der Waals surface area contributed by atoms with Crippen LogP contribution in [0.5, 0.6) is 0 Å². The molecule has 1 amide bonds. The average molecular weight is 232 g/mol. The van der Waals surface area contributed by atoms with E-state index in [0.717, 1.165) is 5.56 Å². The van der Waals surface area contributed by atoms with Gasteiger partial charge in [-0.2, -0.15) is 0 Å². The number of nitrogens with zero attached hydrogens (tertiary/aromatic N) is 1. The van der Waals surface area contributed by atoms with Crippen molar-refractivity contribution >= 4 is 12.1 Å². The summed E-state index contributed by atoms with van der Waals surface area (Å²) in [5, 5.41) is 2.65. The second kappa shape index (κ2) is 5.62. The van der Waals surface area contributed by atoms with Crippen molar-refractivity contribution in [1.82, 2.24) is 5.32 Å². The number of amides is 1. The van der Waals surface area contributed by atoms with Crippen LogP contribution in [0.15, 0.2) is 35.3 Å². The van der Waals surface area contributed by atoms with Crippen LogP contribution in [0.3, 0.4) is 0 Å². The summed E-state index contributed by atoms with van der Waals surface area (Å²) in [5.41, 5.74) is 0.883. The van der Waals surface area contributed by atoms with E-state index in [4.69, 9.17) is 0 Å². The quantitative estimate of drug-likeness (QED) is 0.800. The molecule has 1 rings (SSSR count). The molecule has 0 aliphatic rings. The minimum absolute atomic E-state index is 0.0267. The number of carbonyl (C=O) groups is 1. The molecule has 0 radical (unpaired) electrons. The van der Waals surface area contributed by atoms with E-state index in [1.54, 1.807) is 7.05 Å². The normalized spacial score (nSPS) is 13.6. The van der Waals surface area contributed by atoms with E-state index in [-0.39, 0.29) is 11.3 Å². The summed E-state index contributed by atoms with van der Waals surface area (Å²) < 4.78 is 0. The zero-order valence-corrected chi connectivity index (χ0v) is 10.9. The minimum atomic E-state index is -0.458. The van der Waals surface area contributed by atoms with Crippen molar-refractivity contribution in [3.8, 4) is 0 Å². The summed E-state index contributed by atoms with van der Waals surface area (Å²) in [5.74, 6) is -0.0864. The van der Waals surface area contributed by atoms with E-state index >= 15 is 0 Å². The summed E-state index contributed by atoms with van der Waals surface area (Å²) in [7, 11) is 1.63. The van der Waals surface area contributed by atoms with Crippen LogP contribution in [0.2, 0.25) is 0 Å². The van der Waals surface area contributed by atoms with Gasteiger partial charge in [0.1, 0.15) is 0 Å². The van der Waals surface area contributed by atoms with Crippen LogP contribution in [-0.4, -0.2) is 19.2 Å². The van der Waals surface area contributed by atoms with Gasteiger partial charge in [-0.05, 0) is 11.0 Å². The highest BCUT2D eigenvalue weighted by atomic mass is 16.2. The molecule has 0 bridgehead atoms. The Morgan fingerprint density at radius 1 is 1.29 bits per heavy atom. The molecule has 1 aromatic rings. The topological polar surface area (TPSA) is 41.5 Å². The molecule has 1 aromatic carbocycles. The van der Waals surface area contributed by atoms with E-state index in [2.05, 4.69) is 31.1 Å². The van der Waals surface area contributed by atoms with E-state index in [0.29, 0.717) is 0 Å². The van der Waals surface area contributed by atoms with Gasteiger partial charge in [-0.25, -0.2) is 0 Å². The zero-order chi connectivity index (χ0) is 12.9. The second-order valence-electron chi connectivity index (χ2n) is 5.07. The first-order chi connectivity index (χ1) is 7.94. The van der Waals surface area contributed by atoms with Gasteiger partial charge in [0.2, 0.25) is 5.91 Å². The molecule has 0 aliphatic heterocycles. The minimum Gasteiger partial charge on any atom is -0.357 e. The van der Waals surface area contributed by atoms with Crippen molar-refractivity contribution in [2.24, 2.45) is 10.4 Å². The number of aliphatic imine (C=N–C) groups is 1. The summed E-state index contributed by atoms with van der Waals surface area (Å²) >= 11 is 0. The molecular weight excluding hydrogens is 212 g/mol. The molecule has 0 aromatic heterocycles. The van der Waals surface area contributed by atoms with E-state index < -0.39 is 6.04 Å². The highest BCUT2D eigenvalue weighted by molar-refractivity contribution is 5.84. The monoisotopic (exact) mass is 232 g/mol. The van der Waals surface area contributed by atoms with Gasteiger partial charge in [-0.3, -0.25) is 9.79 Å². The summed E-state index contributed by atoms with van der Waals surface area (Å²) in [6.45, 7) is 6.17. The molecule has 0 spiro atoms. The molecule has 0 saturated heterocycles.